The average Bonchev–Trinajstić information content (AvgIpc) is 3.01. The Bertz CT molecular complexity index is 851. The van der Waals surface area contributed by atoms with E-state index < -0.39 is 11.6 Å². The molecule has 1 aromatic rings. The molecule has 1 saturated carbocycles. The second-order valence-corrected chi connectivity index (χ2v) is 8.93. The molecule has 1 aliphatic carbocycles. The van der Waals surface area contributed by atoms with Gasteiger partial charge < -0.3 is 20.4 Å². The van der Waals surface area contributed by atoms with Crippen LogP contribution < -0.4 is 15.5 Å². The van der Waals surface area contributed by atoms with E-state index in [1.807, 2.05) is 31.2 Å². The van der Waals surface area contributed by atoms with Crippen LogP contribution in [0.2, 0.25) is 0 Å². The van der Waals surface area contributed by atoms with Gasteiger partial charge in [0.1, 0.15) is 12.1 Å². The maximum absolute atomic E-state index is 13.1. The van der Waals surface area contributed by atoms with Gasteiger partial charge in [-0.3, -0.25) is 14.5 Å². The molecule has 3 aliphatic rings. The number of hydrogen-bond acceptors (Lipinski definition) is 5. The van der Waals surface area contributed by atoms with Gasteiger partial charge in [-0.2, -0.15) is 0 Å². The van der Waals surface area contributed by atoms with E-state index in [1.54, 1.807) is 0 Å². The Morgan fingerprint density at radius 3 is 2.61 bits per heavy atom. The molecule has 8 nitrogen and oxygen atoms in total. The maximum Gasteiger partial charge on any atom is 0.325 e. The summed E-state index contributed by atoms with van der Waals surface area (Å²) in [7, 11) is 0. The van der Waals surface area contributed by atoms with Gasteiger partial charge in [0.15, 0.2) is 0 Å². The maximum atomic E-state index is 13.1. The molecule has 31 heavy (non-hydrogen) atoms. The van der Waals surface area contributed by atoms with E-state index >= 15 is 0 Å². The summed E-state index contributed by atoms with van der Waals surface area (Å²) >= 11 is 0. The summed E-state index contributed by atoms with van der Waals surface area (Å²) in [6.45, 7) is 8.72. The third kappa shape index (κ3) is 4.13. The van der Waals surface area contributed by atoms with Gasteiger partial charge in [-0.25, -0.2) is 4.79 Å². The van der Waals surface area contributed by atoms with E-state index in [-0.39, 0.29) is 24.3 Å². The normalized spacial score (nSPS) is 27.0. The number of carbonyl (C=O) groups excluding carboxylic acids is 3. The molecule has 0 aromatic heterocycles. The third-order valence-corrected chi connectivity index (χ3v) is 7.14. The SMILES string of the molecule is CCN1CCN(c2ccccc2NC(=O)CN2C(=O)NC3(CCCCC3C)C2=O)CC1. The lowest BCUT2D eigenvalue weighted by atomic mass is 9.73. The standard InChI is InChI=1S/C23H33N5O3/c1-3-26-12-14-27(15-13-26)19-10-5-4-9-18(19)24-20(29)16-28-21(30)23(25-22(28)31)11-7-6-8-17(23)2/h4-5,9-10,17H,3,6-8,11-16H2,1-2H3,(H,24,29)(H,25,31). The monoisotopic (exact) mass is 427 g/mol. The Kier molecular flexibility index (Phi) is 6.18. The van der Waals surface area contributed by atoms with Crippen molar-refractivity contribution in [1.29, 1.82) is 0 Å². The fourth-order valence-corrected chi connectivity index (χ4v) is 5.13. The molecule has 2 aliphatic heterocycles. The van der Waals surface area contributed by atoms with E-state index in [2.05, 4.69) is 27.4 Å². The highest BCUT2D eigenvalue weighted by Crippen LogP contribution is 2.38. The fraction of sp³-hybridized carbons (Fsp3) is 0.609. The van der Waals surface area contributed by atoms with Gasteiger partial charge in [-0.1, -0.05) is 38.8 Å². The molecule has 0 bridgehead atoms. The number of piperazine rings is 1. The Morgan fingerprint density at radius 1 is 1.16 bits per heavy atom. The van der Waals surface area contributed by atoms with Gasteiger partial charge in [0, 0.05) is 26.2 Å². The first-order chi connectivity index (χ1) is 14.9. The molecule has 1 aromatic carbocycles. The number of carbonyl (C=O) groups is 3. The van der Waals surface area contributed by atoms with Gasteiger partial charge in [0.25, 0.3) is 5.91 Å². The molecule has 0 radical (unpaired) electrons. The van der Waals surface area contributed by atoms with Crippen LogP contribution in [0.15, 0.2) is 24.3 Å². The van der Waals surface area contributed by atoms with E-state index in [0.717, 1.165) is 62.6 Å². The van der Waals surface area contributed by atoms with E-state index in [0.29, 0.717) is 12.1 Å². The predicted octanol–water partition coefficient (Wildman–Crippen LogP) is 2.27. The van der Waals surface area contributed by atoms with Crippen molar-refractivity contribution in [3.8, 4) is 0 Å². The first-order valence-electron chi connectivity index (χ1n) is 11.4. The number of amides is 4. The summed E-state index contributed by atoms with van der Waals surface area (Å²) in [6, 6.07) is 7.26. The van der Waals surface area contributed by atoms with Crippen LogP contribution >= 0.6 is 0 Å². The summed E-state index contributed by atoms with van der Waals surface area (Å²) in [4.78, 5) is 44.3. The van der Waals surface area contributed by atoms with Crippen LogP contribution in [0, 0.1) is 5.92 Å². The number of anilines is 2. The van der Waals surface area contributed by atoms with Gasteiger partial charge >= 0.3 is 6.03 Å². The van der Waals surface area contributed by atoms with Crippen molar-refractivity contribution >= 4 is 29.2 Å². The minimum absolute atomic E-state index is 0.0771. The molecule has 2 heterocycles. The number of benzene rings is 1. The van der Waals surface area contributed by atoms with Crippen molar-refractivity contribution in [2.24, 2.45) is 5.92 Å². The fourth-order valence-electron chi connectivity index (χ4n) is 5.13. The number of hydrogen-bond donors (Lipinski definition) is 2. The molecular formula is C23H33N5O3. The van der Waals surface area contributed by atoms with E-state index in [9.17, 15) is 14.4 Å². The van der Waals surface area contributed by atoms with Crippen LogP contribution in [0.5, 0.6) is 0 Å². The zero-order valence-electron chi connectivity index (χ0n) is 18.5. The van der Waals surface area contributed by atoms with Crippen molar-refractivity contribution < 1.29 is 14.4 Å². The summed E-state index contributed by atoms with van der Waals surface area (Å²) in [5.74, 6) is -0.541. The quantitative estimate of drug-likeness (QED) is 0.704. The Hall–Kier alpha value is -2.61. The van der Waals surface area contributed by atoms with Crippen molar-refractivity contribution in [1.82, 2.24) is 15.1 Å². The first-order valence-corrected chi connectivity index (χ1v) is 11.4. The van der Waals surface area contributed by atoms with Gasteiger partial charge in [0.05, 0.1) is 11.4 Å². The molecule has 8 heteroatoms. The number of likely N-dealkylation sites (N-methyl/N-ethyl adjacent to an activating group) is 1. The van der Waals surface area contributed by atoms with E-state index in [1.165, 1.54) is 0 Å². The van der Waals surface area contributed by atoms with Gasteiger partial charge in [-0.05, 0) is 37.4 Å². The largest absolute Gasteiger partial charge is 0.367 e. The number of rotatable bonds is 5. The van der Waals surface area contributed by atoms with Gasteiger partial charge in [-0.15, -0.1) is 0 Å². The average molecular weight is 428 g/mol. The Labute approximate surface area is 183 Å². The second-order valence-electron chi connectivity index (χ2n) is 8.93. The van der Waals surface area contributed by atoms with Crippen molar-refractivity contribution in [2.75, 3.05) is 49.5 Å². The number of para-hydroxylation sites is 2. The smallest absolute Gasteiger partial charge is 0.325 e. The number of nitrogens with one attached hydrogen (secondary N) is 2. The van der Waals surface area contributed by atoms with Crippen molar-refractivity contribution in [2.45, 2.75) is 45.1 Å². The van der Waals surface area contributed by atoms with Crippen molar-refractivity contribution in [3.05, 3.63) is 24.3 Å². The predicted molar refractivity (Wildman–Crippen MR) is 120 cm³/mol. The zero-order chi connectivity index (χ0) is 22.0. The molecule has 2 unspecified atom stereocenters. The highest BCUT2D eigenvalue weighted by Gasteiger charge is 2.55. The third-order valence-electron chi connectivity index (χ3n) is 7.14. The highest BCUT2D eigenvalue weighted by molar-refractivity contribution is 6.10. The minimum atomic E-state index is -0.841. The molecule has 1 spiro atoms. The lowest BCUT2D eigenvalue weighted by Gasteiger charge is -2.37. The summed E-state index contributed by atoms with van der Waals surface area (Å²) in [5, 5.41) is 5.84. The highest BCUT2D eigenvalue weighted by atomic mass is 16.2. The van der Waals surface area contributed by atoms with E-state index in [4.69, 9.17) is 0 Å². The van der Waals surface area contributed by atoms with Crippen LogP contribution in [-0.4, -0.2) is 72.5 Å². The van der Waals surface area contributed by atoms with Gasteiger partial charge in [0.2, 0.25) is 5.91 Å². The lowest BCUT2D eigenvalue weighted by molar-refractivity contribution is -0.136. The van der Waals surface area contributed by atoms with Crippen LogP contribution in [-0.2, 0) is 9.59 Å². The molecule has 4 amide bonds. The van der Waals surface area contributed by atoms with Crippen LogP contribution in [0.1, 0.15) is 39.5 Å². The summed E-state index contributed by atoms with van der Waals surface area (Å²) < 4.78 is 0. The summed E-state index contributed by atoms with van der Waals surface area (Å²) in [5.41, 5.74) is 0.846. The van der Waals surface area contributed by atoms with Crippen LogP contribution in [0.25, 0.3) is 0 Å². The number of urea groups is 1. The molecule has 2 atom stereocenters. The lowest BCUT2D eigenvalue weighted by Crippen LogP contribution is -2.54. The van der Waals surface area contributed by atoms with Crippen LogP contribution in [0.4, 0.5) is 16.2 Å². The first kappa shape index (κ1) is 21.6. The Morgan fingerprint density at radius 2 is 1.90 bits per heavy atom. The number of imide groups is 1. The molecule has 4 rings (SSSR count). The molecular weight excluding hydrogens is 394 g/mol. The molecule has 2 saturated heterocycles. The minimum Gasteiger partial charge on any atom is -0.367 e. The molecule has 2 N–H and O–H groups in total. The summed E-state index contributed by atoms with van der Waals surface area (Å²) in [6.07, 6.45) is 3.53. The zero-order valence-corrected chi connectivity index (χ0v) is 18.5. The number of nitrogens with zero attached hydrogens (tertiary/aromatic N) is 3. The Balaban J connectivity index is 1.43. The molecule has 3 fully saturated rings. The topological polar surface area (TPSA) is 85.0 Å². The molecule has 168 valence electrons. The van der Waals surface area contributed by atoms with Crippen LogP contribution in [0.3, 0.4) is 0 Å². The second kappa shape index (κ2) is 8.86. The van der Waals surface area contributed by atoms with Crippen molar-refractivity contribution in [3.63, 3.8) is 0 Å².